The van der Waals surface area contributed by atoms with Crippen molar-refractivity contribution in [3.05, 3.63) is 35.4 Å². The standard InChI is InChI=1S/C15H21NO2/c1-12-3-5-13(6-4-12)7-9-16-10-8-15(2,11-16)14(17)18/h3-6H,7-11H2,1-2H3,(H,17,18). The molecule has 1 unspecified atom stereocenters. The first-order valence-electron chi connectivity index (χ1n) is 6.51. The first-order chi connectivity index (χ1) is 8.49. The first-order valence-corrected chi connectivity index (χ1v) is 6.51. The van der Waals surface area contributed by atoms with Gasteiger partial charge < -0.3 is 10.0 Å². The van der Waals surface area contributed by atoms with Crippen LogP contribution in [0.15, 0.2) is 24.3 Å². The summed E-state index contributed by atoms with van der Waals surface area (Å²) >= 11 is 0. The van der Waals surface area contributed by atoms with Gasteiger partial charge in [0.2, 0.25) is 0 Å². The van der Waals surface area contributed by atoms with Gasteiger partial charge in [-0.05, 0) is 38.8 Å². The molecule has 0 bridgehead atoms. The van der Waals surface area contributed by atoms with Crippen molar-refractivity contribution in [1.29, 1.82) is 0 Å². The average molecular weight is 247 g/mol. The number of carboxylic acid groups (broad SMARTS) is 1. The van der Waals surface area contributed by atoms with Crippen molar-refractivity contribution in [1.82, 2.24) is 4.90 Å². The minimum absolute atomic E-state index is 0.548. The summed E-state index contributed by atoms with van der Waals surface area (Å²) in [5, 5.41) is 9.18. The van der Waals surface area contributed by atoms with E-state index in [9.17, 15) is 9.90 Å². The van der Waals surface area contributed by atoms with Gasteiger partial charge in [0.05, 0.1) is 5.41 Å². The third kappa shape index (κ3) is 2.91. The number of carbonyl (C=O) groups is 1. The van der Waals surface area contributed by atoms with Crippen LogP contribution in [0.2, 0.25) is 0 Å². The topological polar surface area (TPSA) is 40.5 Å². The fourth-order valence-electron chi connectivity index (χ4n) is 2.46. The van der Waals surface area contributed by atoms with Crippen molar-refractivity contribution in [3.8, 4) is 0 Å². The lowest BCUT2D eigenvalue weighted by Gasteiger charge is -2.20. The predicted octanol–water partition coefficient (Wildman–Crippen LogP) is 2.33. The minimum atomic E-state index is -0.666. The largest absolute Gasteiger partial charge is 0.481 e. The second-order valence-corrected chi connectivity index (χ2v) is 5.63. The molecule has 1 aliphatic rings. The molecule has 0 amide bonds. The lowest BCUT2D eigenvalue weighted by Crippen LogP contribution is -2.32. The number of benzene rings is 1. The number of hydrogen-bond donors (Lipinski definition) is 1. The number of carboxylic acids is 1. The molecule has 1 atom stereocenters. The summed E-state index contributed by atoms with van der Waals surface area (Å²) in [6, 6.07) is 8.56. The number of hydrogen-bond acceptors (Lipinski definition) is 2. The monoisotopic (exact) mass is 247 g/mol. The van der Waals surface area contributed by atoms with E-state index in [1.54, 1.807) is 0 Å². The van der Waals surface area contributed by atoms with E-state index >= 15 is 0 Å². The number of likely N-dealkylation sites (tertiary alicyclic amines) is 1. The van der Waals surface area contributed by atoms with Crippen molar-refractivity contribution in [3.63, 3.8) is 0 Å². The number of nitrogens with zero attached hydrogens (tertiary/aromatic N) is 1. The maximum Gasteiger partial charge on any atom is 0.310 e. The first kappa shape index (κ1) is 13.1. The van der Waals surface area contributed by atoms with Crippen LogP contribution in [-0.4, -0.2) is 35.6 Å². The van der Waals surface area contributed by atoms with Gasteiger partial charge in [0.1, 0.15) is 0 Å². The molecule has 1 aromatic rings. The molecular weight excluding hydrogens is 226 g/mol. The minimum Gasteiger partial charge on any atom is -0.481 e. The van der Waals surface area contributed by atoms with Crippen LogP contribution in [0.5, 0.6) is 0 Å². The zero-order valence-electron chi connectivity index (χ0n) is 11.1. The summed E-state index contributed by atoms with van der Waals surface area (Å²) < 4.78 is 0. The highest BCUT2D eigenvalue weighted by atomic mass is 16.4. The molecule has 1 fully saturated rings. The van der Waals surface area contributed by atoms with E-state index in [2.05, 4.69) is 36.1 Å². The SMILES string of the molecule is Cc1ccc(CCN2CCC(C)(C(=O)O)C2)cc1. The van der Waals surface area contributed by atoms with Crippen LogP contribution in [-0.2, 0) is 11.2 Å². The van der Waals surface area contributed by atoms with Crippen molar-refractivity contribution >= 4 is 5.97 Å². The Hall–Kier alpha value is -1.35. The van der Waals surface area contributed by atoms with E-state index in [-0.39, 0.29) is 0 Å². The molecule has 1 aliphatic heterocycles. The number of aliphatic carboxylic acids is 1. The van der Waals surface area contributed by atoms with E-state index in [1.165, 1.54) is 11.1 Å². The number of rotatable bonds is 4. The predicted molar refractivity (Wildman–Crippen MR) is 71.7 cm³/mol. The molecular formula is C15H21NO2. The smallest absolute Gasteiger partial charge is 0.310 e. The molecule has 1 aromatic carbocycles. The fraction of sp³-hybridized carbons (Fsp3) is 0.533. The molecule has 18 heavy (non-hydrogen) atoms. The Balaban J connectivity index is 1.85. The van der Waals surface area contributed by atoms with E-state index < -0.39 is 11.4 Å². The second kappa shape index (κ2) is 5.11. The Kier molecular flexibility index (Phi) is 3.71. The quantitative estimate of drug-likeness (QED) is 0.887. The maximum atomic E-state index is 11.2. The van der Waals surface area contributed by atoms with E-state index in [0.717, 1.165) is 25.9 Å². The summed E-state index contributed by atoms with van der Waals surface area (Å²) in [5.41, 5.74) is 2.05. The van der Waals surface area contributed by atoms with Gasteiger partial charge in [-0.3, -0.25) is 4.79 Å². The molecule has 0 aromatic heterocycles. The lowest BCUT2D eigenvalue weighted by molar-refractivity contribution is -0.147. The second-order valence-electron chi connectivity index (χ2n) is 5.63. The fourth-order valence-corrected chi connectivity index (χ4v) is 2.46. The molecule has 0 aliphatic carbocycles. The number of aryl methyl sites for hydroxylation is 1. The van der Waals surface area contributed by atoms with E-state index in [0.29, 0.717) is 6.54 Å². The Labute approximate surface area is 108 Å². The maximum absolute atomic E-state index is 11.2. The van der Waals surface area contributed by atoms with Gasteiger partial charge in [0.25, 0.3) is 0 Å². The van der Waals surface area contributed by atoms with Gasteiger partial charge in [-0.25, -0.2) is 0 Å². The third-order valence-corrected chi connectivity index (χ3v) is 3.91. The summed E-state index contributed by atoms with van der Waals surface area (Å²) in [4.78, 5) is 13.4. The molecule has 3 nitrogen and oxygen atoms in total. The van der Waals surface area contributed by atoms with Crippen molar-refractivity contribution < 1.29 is 9.90 Å². The van der Waals surface area contributed by atoms with Gasteiger partial charge in [-0.1, -0.05) is 29.8 Å². The average Bonchev–Trinajstić information content (AvgIpc) is 2.72. The summed E-state index contributed by atoms with van der Waals surface area (Å²) in [5.74, 6) is -0.666. The Morgan fingerprint density at radius 2 is 2.06 bits per heavy atom. The lowest BCUT2D eigenvalue weighted by atomic mass is 9.90. The highest BCUT2D eigenvalue weighted by molar-refractivity contribution is 5.74. The van der Waals surface area contributed by atoms with Crippen LogP contribution in [0.25, 0.3) is 0 Å². The van der Waals surface area contributed by atoms with E-state index in [4.69, 9.17) is 0 Å². The summed E-state index contributed by atoms with van der Waals surface area (Å²) in [6.45, 7) is 6.46. The highest BCUT2D eigenvalue weighted by Crippen LogP contribution is 2.29. The normalized spacial score (nSPS) is 24.3. The van der Waals surface area contributed by atoms with Gasteiger partial charge >= 0.3 is 5.97 Å². The van der Waals surface area contributed by atoms with Gasteiger partial charge in [-0.15, -0.1) is 0 Å². The molecule has 2 rings (SSSR count). The molecule has 3 heteroatoms. The summed E-state index contributed by atoms with van der Waals surface area (Å²) in [6.07, 6.45) is 1.76. The molecule has 0 saturated carbocycles. The highest BCUT2D eigenvalue weighted by Gasteiger charge is 2.39. The van der Waals surface area contributed by atoms with Crippen molar-refractivity contribution in [2.45, 2.75) is 26.7 Å². The molecule has 0 spiro atoms. The molecule has 1 heterocycles. The van der Waals surface area contributed by atoms with Gasteiger partial charge in [0, 0.05) is 13.1 Å². The van der Waals surface area contributed by atoms with Gasteiger partial charge in [-0.2, -0.15) is 0 Å². The Morgan fingerprint density at radius 1 is 1.39 bits per heavy atom. The van der Waals surface area contributed by atoms with Crippen molar-refractivity contribution in [2.75, 3.05) is 19.6 Å². The van der Waals surface area contributed by atoms with Crippen LogP contribution < -0.4 is 0 Å². The Morgan fingerprint density at radius 3 is 2.61 bits per heavy atom. The van der Waals surface area contributed by atoms with Crippen LogP contribution >= 0.6 is 0 Å². The van der Waals surface area contributed by atoms with Crippen LogP contribution in [0.4, 0.5) is 0 Å². The zero-order chi connectivity index (χ0) is 13.2. The van der Waals surface area contributed by atoms with E-state index in [1.807, 2.05) is 6.92 Å². The van der Waals surface area contributed by atoms with Crippen LogP contribution in [0, 0.1) is 12.3 Å². The Bertz CT molecular complexity index is 427. The van der Waals surface area contributed by atoms with Gasteiger partial charge in [0.15, 0.2) is 0 Å². The van der Waals surface area contributed by atoms with Crippen LogP contribution in [0.3, 0.4) is 0 Å². The molecule has 1 N–H and O–H groups in total. The zero-order valence-corrected chi connectivity index (χ0v) is 11.1. The third-order valence-electron chi connectivity index (χ3n) is 3.91. The molecule has 0 radical (unpaired) electrons. The molecule has 98 valence electrons. The van der Waals surface area contributed by atoms with Crippen LogP contribution in [0.1, 0.15) is 24.5 Å². The summed E-state index contributed by atoms with van der Waals surface area (Å²) in [7, 11) is 0. The molecule has 1 saturated heterocycles. The van der Waals surface area contributed by atoms with Crippen molar-refractivity contribution in [2.24, 2.45) is 5.41 Å².